The molecule has 0 fully saturated rings. The van der Waals surface area contributed by atoms with Crippen LogP contribution in [-0.4, -0.2) is 34.6 Å². The highest BCUT2D eigenvalue weighted by Crippen LogP contribution is 2.36. The number of aryl methyl sites for hydroxylation is 1. The van der Waals surface area contributed by atoms with Gasteiger partial charge >= 0.3 is 5.97 Å². The van der Waals surface area contributed by atoms with Gasteiger partial charge in [0.05, 0.1) is 29.8 Å². The molecule has 0 radical (unpaired) electrons. The van der Waals surface area contributed by atoms with E-state index in [0.717, 1.165) is 5.56 Å². The van der Waals surface area contributed by atoms with E-state index in [2.05, 4.69) is 0 Å². The number of carbonyl (C=O) groups excluding carboxylic acids is 1. The molecule has 2 aromatic rings. The number of carbonyl (C=O) groups is 1. The molecule has 0 aromatic heterocycles. The lowest BCUT2D eigenvalue weighted by molar-refractivity contribution is 0.0600. The molecule has 6 nitrogen and oxygen atoms in total. The SMILES string of the molecule is COC(=O)c1ccc2c(c1)N(S(=O)(=O)c1cccc(C)c1)CCO2. The summed E-state index contributed by atoms with van der Waals surface area (Å²) in [5.74, 6) is -0.110. The van der Waals surface area contributed by atoms with Crippen LogP contribution < -0.4 is 9.04 Å². The van der Waals surface area contributed by atoms with Crippen LogP contribution in [0.4, 0.5) is 5.69 Å². The average molecular weight is 347 g/mol. The molecule has 24 heavy (non-hydrogen) atoms. The van der Waals surface area contributed by atoms with Crippen LogP contribution in [0.5, 0.6) is 5.75 Å². The number of esters is 1. The van der Waals surface area contributed by atoms with E-state index >= 15 is 0 Å². The van der Waals surface area contributed by atoms with Gasteiger partial charge in [-0.2, -0.15) is 0 Å². The Morgan fingerprint density at radius 3 is 2.71 bits per heavy atom. The molecule has 0 N–H and O–H groups in total. The van der Waals surface area contributed by atoms with Crippen molar-refractivity contribution in [2.45, 2.75) is 11.8 Å². The summed E-state index contributed by atoms with van der Waals surface area (Å²) in [6.45, 7) is 2.26. The van der Waals surface area contributed by atoms with Crippen LogP contribution >= 0.6 is 0 Å². The number of rotatable bonds is 3. The van der Waals surface area contributed by atoms with E-state index < -0.39 is 16.0 Å². The molecule has 0 atom stereocenters. The van der Waals surface area contributed by atoms with Gasteiger partial charge < -0.3 is 9.47 Å². The second kappa shape index (κ2) is 6.16. The van der Waals surface area contributed by atoms with Crippen molar-refractivity contribution in [3.63, 3.8) is 0 Å². The normalized spacial score (nSPS) is 13.8. The molecule has 126 valence electrons. The van der Waals surface area contributed by atoms with Gasteiger partial charge in [0.25, 0.3) is 10.0 Å². The van der Waals surface area contributed by atoms with E-state index in [4.69, 9.17) is 9.47 Å². The number of anilines is 1. The van der Waals surface area contributed by atoms with Gasteiger partial charge in [-0.15, -0.1) is 0 Å². The summed E-state index contributed by atoms with van der Waals surface area (Å²) >= 11 is 0. The van der Waals surface area contributed by atoms with Crippen molar-refractivity contribution in [2.75, 3.05) is 24.6 Å². The van der Waals surface area contributed by atoms with Crippen LogP contribution in [0.1, 0.15) is 15.9 Å². The number of hydrogen-bond acceptors (Lipinski definition) is 5. The number of fused-ring (bicyclic) bond motifs is 1. The third-order valence-corrected chi connectivity index (χ3v) is 5.59. The van der Waals surface area contributed by atoms with Crippen LogP contribution in [0.15, 0.2) is 47.4 Å². The quantitative estimate of drug-likeness (QED) is 0.797. The molecule has 2 aromatic carbocycles. The van der Waals surface area contributed by atoms with Crippen LogP contribution in [0, 0.1) is 6.92 Å². The zero-order valence-corrected chi connectivity index (χ0v) is 14.2. The Morgan fingerprint density at radius 1 is 1.21 bits per heavy atom. The minimum atomic E-state index is -3.75. The fraction of sp³-hybridized carbons (Fsp3) is 0.235. The Morgan fingerprint density at radius 2 is 2.00 bits per heavy atom. The minimum absolute atomic E-state index is 0.175. The van der Waals surface area contributed by atoms with Gasteiger partial charge in [0.1, 0.15) is 12.4 Å². The number of nitrogens with zero attached hydrogens (tertiary/aromatic N) is 1. The van der Waals surface area contributed by atoms with Crippen molar-refractivity contribution in [3.8, 4) is 5.75 Å². The third kappa shape index (κ3) is 2.82. The molecule has 0 saturated carbocycles. The molecule has 0 amide bonds. The molecule has 3 rings (SSSR count). The fourth-order valence-electron chi connectivity index (χ4n) is 2.59. The molecule has 1 aliphatic heterocycles. The Kier molecular flexibility index (Phi) is 4.19. The highest BCUT2D eigenvalue weighted by atomic mass is 32.2. The second-order valence-corrected chi connectivity index (χ2v) is 7.28. The van der Waals surface area contributed by atoms with E-state index in [1.54, 1.807) is 30.3 Å². The van der Waals surface area contributed by atoms with Crippen LogP contribution in [0.3, 0.4) is 0 Å². The van der Waals surface area contributed by atoms with Crippen molar-refractivity contribution >= 4 is 21.7 Å². The molecule has 0 spiro atoms. The van der Waals surface area contributed by atoms with Gasteiger partial charge in [0, 0.05) is 0 Å². The van der Waals surface area contributed by atoms with Gasteiger partial charge in [-0.25, -0.2) is 13.2 Å². The summed E-state index contributed by atoms with van der Waals surface area (Å²) in [7, 11) is -2.47. The number of hydrogen-bond donors (Lipinski definition) is 0. The molecule has 0 aliphatic carbocycles. The third-order valence-electron chi connectivity index (χ3n) is 3.78. The summed E-state index contributed by atoms with van der Waals surface area (Å²) in [6.07, 6.45) is 0. The lowest BCUT2D eigenvalue weighted by Crippen LogP contribution is -2.38. The topological polar surface area (TPSA) is 72.9 Å². The molecule has 7 heteroatoms. The zero-order chi connectivity index (χ0) is 17.3. The molecular formula is C17H17NO5S. The standard InChI is InChI=1S/C17H17NO5S/c1-12-4-3-5-14(10-12)24(20,21)18-8-9-23-16-7-6-13(11-15(16)18)17(19)22-2/h3-7,10-11H,8-9H2,1-2H3. The average Bonchev–Trinajstić information content (AvgIpc) is 2.60. The summed E-state index contributed by atoms with van der Waals surface area (Å²) < 4.78 is 37.5. The van der Waals surface area contributed by atoms with Crippen molar-refractivity contribution < 1.29 is 22.7 Å². The van der Waals surface area contributed by atoms with Gasteiger partial charge in [-0.1, -0.05) is 12.1 Å². The summed E-state index contributed by atoms with van der Waals surface area (Å²) in [4.78, 5) is 11.9. The lowest BCUT2D eigenvalue weighted by Gasteiger charge is -2.30. The van der Waals surface area contributed by atoms with E-state index in [-0.39, 0.29) is 23.6 Å². The monoisotopic (exact) mass is 347 g/mol. The van der Waals surface area contributed by atoms with E-state index in [1.165, 1.54) is 17.5 Å². The molecule has 1 aliphatic rings. The molecule has 1 heterocycles. The first kappa shape index (κ1) is 16.3. The number of sulfonamides is 1. The number of ether oxygens (including phenoxy) is 2. The zero-order valence-electron chi connectivity index (χ0n) is 13.4. The van der Waals surface area contributed by atoms with E-state index in [1.807, 2.05) is 13.0 Å². The van der Waals surface area contributed by atoms with Gasteiger partial charge in [-0.05, 0) is 42.8 Å². The maximum absolute atomic E-state index is 13.0. The first-order valence-electron chi connectivity index (χ1n) is 7.38. The predicted molar refractivity (Wildman–Crippen MR) is 89.0 cm³/mol. The van der Waals surface area contributed by atoms with Gasteiger partial charge in [0.2, 0.25) is 0 Å². The van der Waals surface area contributed by atoms with Crippen molar-refractivity contribution in [2.24, 2.45) is 0 Å². The Balaban J connectivity index is 2.10. The number of benzene rings is 2. The first-order valence-corrected chi connectivity index (χ1v) is 8.82. The van der Waals surface area contributed by atoms with Crippen molar-refractivity contribution in [3.05, 3.63) is 53.6 Å². The fourth-order valence-corrected chi connectivity index (χ4v) is 4.15. The highest BCUT2D eigenvalue weighted by Gasteiger charge is 2.31. The van der Waals surface area contributed by atoms with Crippen molar-refractivity contribution in [1.82, 2.24) is 0 Å². The largest absolute Gasteiger partial charge is 0.489 e. The molecule has 0 bridgehead atoms. The Hall–Kier alpha value is -2.54. The molecular weight excluding hydrogens is 330 g/mol. The summed E-state index contributed by atoms with van der Waals surface area (Å²) in [5.41, 5.74) is 1.46. The van der Waals surface area contributed by atoms with E-state index in [9.17, 15) is 13.2 Å². The Labute approximate surface area is 140 Å². The maximum Gasteiger partial charge on any atom is 0.337 e. The van der Waals surface area contributed by atoms with Crippen LogP contribution in [0.2, 0.25) is 0 Å². The molecule has 0 saturated heterocycles. The molecule has 0 unspecified atom stereocenters. The Bertz CT molecular complexity index is 892. The van der Waals surface area contributed by atoms with Crippen molar-refractivity contribution in [1.29, 1.82) is 0 Å². The van der Waals surface area contributed by atoms with Crippen LogP contribution in [-0.2, 0) is 14.8 Å². The highest BCUT2D eigenvalue weighted by molar-refractivity contribution is 7.92. The number of methoxy groups -OCH3 is 1. The minimum Gasteiger partial charge on any atom is -0.489 e. The maximum atomic E-state index is 13.0. The summed E-state index contributed by atoms with van der Waals surface area (Å²) in [6, 6.07) is 11.3. The van der Waals surface area contributed by atoms with Crippen LogP contribution in [0.25, 0.3) is 0 Å². The predicted octanol–water partition coefficient (Wildman–Crippen LogP) is 2.37. The first-order chi connectivity index (χ1) is 11.4. The van der Waals surface area contributed by atoms with E-state index in [0.29, 0.717) is 11.4 Å². The second-order valence-electron chi connectivity index (χ2n) is 5.42. The van der Waals surface area contributed by atoms with Gasteiger partial charge in [-0.3, -0.25) is 4.31 Å². The summed E-state index contributed by atoms with van der Waals surface area (Å²) in [5, 5.41) is 0. The smallest absolute Gasteiger partial charge is 0.337 e. The van der Waals surface area contributed by atoms with Gasteiger partial charge in [0.15, 0.2) is 0 Å². The lowest BCUT2D eigenvalue weighted by atomic mass is 10.1.